The van der Waals surface area contributed by atoms with E-state index in [2.05, 4.69) is 25.1 Å². The summed E-state index contributed by atoms with van der Waals surface area (Å²) in [5, 5.41) is 0.358. The average Bonchev–Trinajstić information content (AvgIpc) is 2.96. The topological polar surface area (TPSA) is 43.9 Å². The second kappa shape index (κ2) is 9.26. The third kappa shape index (κ3) is 4.69. The number of hydrogen-bond donors (Lipinski definition) is 0. The fourth-order valence-corrected chi connectivity index (χ4v) is 5.43. The smallest absolute Gasteiger partial charge is 0.325 e. The van der Waals surface area contributed by atoms with Crippen LogP contribution in [0.15, 0.2) is 42.5 Å². The third-order valence-electron chi connectivity index (χ3n) is 5.87. The van der Waals surface area contributed by atoms with Gasteiger partial charge < -0.3 is 9.80 Å². The van der Waals surface area contributed by atoms with E-state index in [1.165, 1.54) is 27.0 Å². The molecule has 164 valence electrons. The minimum atomic E-state index is -0.995. The molecule has 2 aliphatic rings. The fraction of sp³-hybridized carbons (Fsp3) is 0.391. The number of nitrogens with zero attached hydrogens (tertiary/aromatic N) is 3. The molecule has 0 saturated carbocycles. The molecule has 0 spiro atoms. The first-order valence-electron chi connectivity index (χ1n) is 10.4. The van der Waals surface area contributed by atoms with E-state index in [-0.39, 0.29) is 18.5 Å². The Balaban J connectivity index is 1.36. The van der Waals surface area contributed by atoms with Crippen LogP contribution in [0.2, 0.25) is 0 Å². The van der Waals surface area contributed by atoms with E-state index < -0.39 is 11.6 Å². The number of halogens is 2. The van der Waals surface area contributed by atoms with Crippen LogP contribution >= 0.6 is 11.8 Å². The number of carbonyl (C=O) groups excluding carboxylic acids is 2. The van der Waals surface area contributed by atoms with Gasteiger partial charge in [-0.3, -0.25) is 9.69 Å². The maximum absolute atomic E-state index is 13.5. The van der Waals surface area contributed by atoms with Gasteiger partial charge in [0.15, 0.2) is 11.6 Å². The molecule has 0 aliphatic carbocycles. The van der Waals surface area contributed by atoms with Crippen molar-refractivity contribution in [1.29, 1.82) is 0 Å². The van der Waals surface area contributed by atoms with Crippen LogP contribution in [0.5, 0.6) is 0 Å². The zero-order chi connectivity index (χ0) is 22.0. The van der Waals surface area contributed by atoms with E-state index in [0.29, 0.717) is 37.1 Å². The molecule has 4 rings (SSSR count). The van der Waals surface area contributed by atoms with Gasteiger partial charge in [0.25, 0.3) is 0 Å². The van der Waals surface area contributed by atoms with Crippen LogP contribution in [0, 0.1) is 18.6 Å². The summed E-state index contributed by atoms with van der Waals surface area (Å²) in [4.78, 5) is 30.3. The number of hydrogen-bond acceptors (Lipinski definition) is 3. The SMILES string of the molecule is Cc1ccccc1[C@@H]1CCN(C(=O)CN2CCN(c3ccc(F)c(F)c3)C2=O)CCS1. The lowest BCUT2D eigenvalue weighted by Crippen LogP contribution is -2.43. The Bertz CT molecular complexity index is 987. The molecule has 3 amide bonds. The quantitative estimate of drug-likeness (QED) is 0.708. The summed E-state index contributed by atoms with van der Waals surface area (Å²) in [6.45, 7) is 4.13. The first kappa shape index (κ1) is 21.6. The van der Waals surface area contributed by atoms with Crippen molar-refractivity contribution in [2.75, 3.05) is 43.4 Å². The highest BCUT2D eigenvalue weighted by Crippen LogP contribution is 2.36. The minimum Gasteiger partial charge on any atom is -0.340 e. The Morgan fingerprint density at radius 3 is 2.65 bits per heavy atom. The molecule has 1 atom stereocenters. The molecule has 0 aromatic heterocycles. The number of aryl methyl sites for hydroxylation is 1. The second-order valence-electron chi connectivity index (χ2n) is 7.84. The lowest BCUT2D eigenvalue weighted by atomic mass is 10.0. The van der Waals surface area contributed by atoms with Crippen LogP contribution in [-0.4, -0.2) is 60.2 Å². The normalized spacial score (nSPS) is 19.6. The second-order valence-corrected chi connectivity index (χ2v) is 9.15. The van der Waals surface area contributed by atoms with E-state index in [4.69, 9.17) is 0 Å². The third-order valence-corrected chi connectivity index (χ3v) is 7.18. The molecule has 31 heavy (non-hydrogen) atoms. The van der Waals surface area contributed by atoms with Gasteiger partial charge in [-0.25, -0.2) is 13.6 Å². The summed E-state index contributed by atoms with van der Waals surface area (Å²) in [6, 6.07) is 11.4. The molecule has 0 radical (unpaired) electrons. The van der Waals surface area contributed by atoms with Crippen LogP contribution in [0.4, 0.5) is 19.3 Å². The van der Waals surface area contributed by atoms with Gasteiger partial charge in [0.2, 0.25) is 5.91 Å². The summed E-state index contributed by atoms with van der Waals surface area (Å²) in [5.41, 5.74) is 2.88. The number of thioether (sulfide) groups is 1. The van der Waals surface area contributed by atoms with Crippen molar-refractivity contribution in [2.45, 2.75) is 18.6 Å². The van der Waals surface area contributed by atoms with E-state index >= 15 is 0 Å². The van der Waals surface area contributed by atoms with Crippen molar-refractivity contribution >= 4 is 29.4 Å². The molecule has 5 nitrogen and oxygen atoms in total. The molecule has 2 aromatic carbocycles. The predicted octanol–water partition coefficient (Wildman–Crippen LogP) is 4.22. The summed E-state index contributed by atoms with van der Waals surface area (Å²) >= 11 is 1.87. The van der Waals surface area contributed by atoms with Gasteiger partial charge >= 0.3 is 6.03 Å². The fourth-order valence-electron chi connectivity index (χ4n) is 4.10. The standard InChI is InChI=1S/C23H25F2N3O2S/c1-16-4-2-3-5-18(16)21-8-9-26(12-13-31-21)22(29)15-27-10-11-28(23(27)30)17-6-7-19(24)20(25)14-17/h2-7,14,21H,8-13,15H2,1H3/t21-/m0/s1. The minimum absolute atomic E-state index is 0.00128. The molecular weight excluding hydrogens is 420 g/mol. The number of amides is 3. The first-order valence-corrected chi connectivity index (χ1v) is 11.5. The van der Waals surface area contributed by atoms with Crippen molar-refractivity contribution in [3.05, 3.63) is 65.2 Å². The largest absolute Gasteiger partial charge is 0.340 e. The predicted molar refractivity (Wildman–Crippen MR) is 118 cm³/mol. The summed E-state index contributed by atoms with van der Waals surface area (Å²) < 4.78 is 26.7. The number of urea groups is 1. The zero-order valence-electron chi connectivity index (χ0n) is 17.4. The van der Waals surface area contributed by atoms with Crippen LogP contribution in [0.3, 0.4) is 0 Å². The van der Waals surface area contributed by atoms with Crippen molar-refractivity contribution in [2.24, 2.45) is 0 Å². The highest BCUT2D eigenvalue weighted by atomic mass is 32.2. The number of anilines is 1. The van der Waals surface area contributed by atoms with Crippen molar-refractivity contribution in [1.82, 2.24) is 9.80 Å². The molecule has 2 fully saturated rings. The Hall–Kier alpha value is -2.61. The highest BCUT2D eigenvalue weighted by molar-refractivity contribution is 7.99. The van der Waals surface area contributed by atoms with Gasteiger partial charge in [-0.2, -0.15) is 11.8 Å². The van der Waals surface area contributed by atoms with Gasteiger partial charge in [-0.05, 0) is 36.6 Å². The molecule has 2 saturated heterocycles. The molecular formula is C23H25F2N3O2S. The van der Waals surface area contributed by atoms with E-state index in [9.17, 15) is 18.4 Å². The van der Waals surface area contributed by atoms with Crippen molar-refractivity contribution < 1.29 is 18.4 Å². The van der Waals surface area contributed by atoms with Gasteiger partial charge in [0.1, 0.15) is 6.54 Å². The first-order chi connectivity index (χ1) is 14.9. The Morgan fingerprint density at radius 1 is 1.06 bits per heavy atom. The lowest BCUT2D eigenvalue weighted by Gasteiger charge is -2.24. The van der Waals surface area contributed by atoms with Crippen LogP contribution in [0.25, 0.3) is 0 Å². The molecule has 2 aromatic rings. The Kier molecular flexibility index (Phi) is 6.46. The maximum Gasteiger partial charge on any atom is 0.325 e. The summed E-state index contributed by atoms with van der Waals surface area (Å²) in [6.07, 6.45) is 0.871. The molecule has 0 N–H and O–H groups in total. The average molecular weight is 446 g/mol. The van der Waals surface area contributed by atoms with Crippen LogP contribution in [-0.2, 0) is 4.79 Å². The van der Waals surface area contributed by atoms with Gasteiger partial charge in [-0.1, -0.05) is 24.3 Å². The Morgan fingerprint density at radius 2 is 1.87 bits per heavy atom. The van der Waals surface area contributed by atoms with E-state index in [1.807, 2.05) is 22.7 Å². The number of benzene rings is 2. The van der Waals surface area contributed by atoms with Gasteiger partial charge in [-0.15, -0.1) is 0 Å². The molecule has 2 aliphatic heterocycles. The lowest BCUT2D eigenvalue weighted by molar-refractivity contribution is -0.131. The van der Waals surface area contributed by atoms with Crippen LogP contribution in [0.1, 0.15) is 22.8 Å². The van der Waals surface area contributed by atoms with Crippen LogP contribution < -0.4 is 4.90 Å². The maximum atomic E-state index is 13.5. The van der Waals surface area contributed by atoms with Gasteiger partial charge in [0, 0.05) is 48.9 Å². The number of carbonyl (C=O) groups is 2. The molecule has 0 bridgehead atoms. The van der Waals surface area contributed by atoms with Crippen molar-refractivity contribution in [3.8, 4) is 0 Å². The highest BCUT2D eigenvalue weighted by Gasteiger charge is 2.33. The molecule has 0 unspecified atom stereocenters. The van der Waals surface area contributed by atoms with E-state index in [0.717, 1.165) is 24.3 Å². The summed E-state index contributed by atoms with van der Waals surface area (Å²) in [5.74, 6) is -1.18. The number of rotatable bonds is 4. The van der Waals surface area contributed by atoms with Gasteiger partial charge in [0.05, 0.1) is 0 Å². The monoisotopic (exact) mass is 445 g/mol. The van der Waals surface area contributed by atoms with E-state index in [1.54, 1.807) is 0 Å². The Labute approximate surface area is 185 Å². The summed E-state index contributed by atoms with van der Waals surface area (Å²) in [7, 11) is 0. The molecule has 8 heteroatoms. The van der Waals surface area contributed by atoms with Crippen molar-refractivity contribution in [3.63, 3.8) is 0 Å². The zero-order valence-corrected chi connectivity index (χ0v) is 18.2. The molecule has 2 heterocycles.